The number of nitrogen functional groups attached to an aromatic ring is 1. The summed E-state index contributed by atoms with van der Waals surface area (Å²) in [7, 11) is 1.57. The molecule has 0 aliphatic heterocycles. The molecule has 0 bridgehead atoms. The smallest absolute Gasteiger partial charge is 0.242 e. The van der Waals surface area contributed by atoms with Crippen molar-refractivity contribution in [1.82, 2.24) is 10.2 Å². The van der Waals surface area contributed by atoms with Crippen molar-refractivity contribution in [1.29, 1.82) is 0 Å². The van der Waals surface area contributed by atoms with E-state index in [1.54, 1.807) is 18.4 Å². The lowest BCUT2D eigenvalue weighted by molar-refractivity contribution is 0.398. The van der Waals surface area contributed by atoms with Crippen LogP contribution in [0.1, 0.15) is 0 Å². The summed E-state index contributed by atoms with van der Waals surface area (Å²) >= 11 is 1.61. The highest BCUT2D eigenvalue weighted by atomic mass is 32.1. The zero-order valence-electron chi connectivity index (χ0n) is 7.07. The normalized spacial score (nSPS) is 10.2. The van der Waals surface area contributed by atoms with Gasteiger partial charge in [-0.05, 0) is 16.8 Å². The van der Waals surface area contributed by atoms with Crippen LogP contribution in [0, 0.1) is 0 Å². The number of thiophene rings is 1. The number of hydrogen-bond acceptors (Lipinski definition) is 4. The van der Waals surface area contributed by atoms with E-state index in [1.807, 2.05) is 16.8 Å². The number of ether oxygens (including phenoxy) is 1. The second-order valence-corrected chi connectivity index (χ2v) is 3.31. The van der Waals surface area contributed by atoms with Gasteiger partial charge in [-0.25, -0.2) is 0 Å². The number of nitrogens with zero attached hydrogens (tertiary/aromatic N) is 1. The third kappa shape index (κ3) is 1.27. The third-order valence-electron chi connectivity index (χ3n) is 1.76. The Morgan fingerprint density at radius 3 is 3.08 bits per heavy atom. The van der Waals surface area contributed by atoms with Crippen LogP contribution in [0.3, 0.4) is 0 Å². The summed E-state index contributed by atoms with van der Waals surface area (Å²) < 4.78 is 5.07. The predicted molar refractivity (Wildman–Crippen MR) is 52.9 cm³/mol. The Morgan fingerprint density at radius 2 is 2.46 bits per heavy atom. The number of hydrogen-bond donors (Lipinski definition) is 2. The Balaban J connectivity index is 2.55. The molecule has 0 atom stereocenters. The van der Waals surface area contributed by atoms with E-state index in [2.05, 4.69) is 10.2 Å². The highest BCUT2D eigenvalue weighted by molar-refractivity contribution is 7.08. The Kier molecular flexibility index (Phi) is 1.94. The van der Waals surface area contributed by atoms with E-state index in [1.165, 1.54) is 0 Å². The lowest BCUT2D eigenvalue weighted by atomic mass is 10.2. The van der Waals surface area contributed by atoms with Gasteiger partial charge in [0.05, 0.1) is 12.7 Å². The minimum Gasteiger partial charge on any atom is -0.479 e. The largest absolute Gasteiger partial charge is 0.479 e. The quantitative estimate of drug-likeness (QED) is 0.767. The Morgan fingerprint density at radius 1 is 1.62 bits per heavy atom. The van der Waals surface area contributed by atoms with Crippen LogP contribution >= 0.6 is 11.3 Å². The van der Waals surface area contributed by atoms with Gasteiger partial charge in [-0.1, -0.05) is 0 Å². The summed E-state index contributed by atoms with van der Waals surface area (Å²) in [6.07, 6.45) is 0. The molecule has 0 saturated carbocycles. The van der Waals surface area contributed by atoms with Crippen LogP contribution in [-0.4, -0.2) is 17.3 Å². The van der Waals surface area contributed by atoms with E-state index in [0.29, 0.717) is 11.7 Å². The number of methoxy groups -OCH3 is 1. The van der Waals surface area contributed by atoms with Crippen LogP contribution in [0.2, 0.25) is 0 Å². The minimum atomic E-state index is 0.537. The third-order valence-corrected chi connectivity index (χ3v) is 2.45. The van der Waals surface area contributed by atoms with E-state index < -0.39 is 0 Å². The van der Waals surface area contributed by atoms with Crippen molar-refractivity contribution in [2.75, 3.05) is 12.8 Å². The molecule has 4 nitrogen and oxygen atoms in total. The van der Waals surface area contributed by atoms with E-state index in [-0.39, 0.29) is 0 Å². The van der Waals surface area contributed by atoms with E-state index in [0.717, 1.165) is 11.1 Å². The molecule has 3 N–H and O–H groups in total. The van der Waals surface area contributed by atoms with Crippen molar-refractivity contribution in [2.45, 2.75) is 0 Å². The number of aromatic amines is 1. The van der Waals surface area contributed by atoms with Crippen LogP contribution in [0.15, 0.2) is 16.8 Å². The lowest BCUT2D eigenvalue weighted by Crippen LogP contribution is -1.88. The fourth-order valence-corrected chi connectivity index (χ4v) is 1.82. The average Bonchev–Trinajstić information content (AvgIpc) is 2.72. The molecule has 0 radical (unpaired) electrons. The van der Waals surface area contributed by atoms with Crippen LogP contribution in [0.4, 0.5) is 5.82 Å². The molecule has 68 valence electrons. The highest BCUT2D eigenvalue weighted by Crippen LogP contribution is 2.33. The molecule has 2 aromatic rings. The Labute approximate surface area is 79.3 Å². The fraction of sp³-hybridized carbons (Fsp3) is 0.125. The van der Waals surface area contributed by atoms with Gasteiger partial charge in [0.15, 0.2) is 0 Å². The van der Waals surface area contributed by atoms with Crippen LogP contribution in [-0.2, 0) is 0 Å². The number of anilines is 1. The molecule has 5 heteroatoms. The molecule has 0 spiro atoms. The molecular weight excluding hydrogens is 186 g/mol. The number of nitrogens with two attached hydrogens (primary N) is 1. The van der Waals surface area contributed by atoms with Gasteiger partial charge in [0.1, 0.15) is 5.82 Å². The van der Waals surface area contributed by atoms with Crippen molar-refractivity contribution in [3.8, 4) is 17.0 Å². The molecular formula is C8H9N3OS. The van der Waals surface area contributed by atoms with Crippen LogP contribution in [0.5, 0.6) is 5.88 Å². The van der Waals surface area contributed by atoms with Crippen LogP contribution in [0.25, 0.3) is 11.1 Å². The molecule has 0 aliphatic rings. The first kappa shape index (κ1) is 8.12. The molecule has 2 aromatic heterocycles. The number of aromatic nitrogens is 2. The molecule has 0 amide bonds. The second kappa shape index (κ2) is 3.10. The highest BCUT2D eigenvalue weighted by Gasteiger charge is 2.13. The first-order valence-electron chi connectivity index (χ1n) is 3.73. The molecule has 2 rings (SSSR count). The Hall–Kier alpha value is -1.49. The maximum Gasteiger partial charge on any atom is 0.242 e. The van der Waals surface area contributed by atoms with Gasteiger partial charge in [-0.2, -0.15) is 11.3 Å². The zero-order valence-corrected chi connectivity index (χ0v) is 7.89. The first-order valence-corrected chi connectivity index (χ1v) is 4.67. The topological polar surface area (TPSA) is 63.9 Å². The molecule has 0 fully saturated rings. The maximum absolute atomic E-state index is 5.71. The summed E-state index contributed by atoms with van der Waals surface area (Å²) in [4.78, 5) is 0. The van der Waals surface area contributed by atoms with Gasteiger partial charge in [-0.15, -0.1) is 5.10 Å². The Bertz CT molecular complexity index is 393. The fourth-order valence-electron chi connectivity index (χ4n) is 1.17. The van der Waals surface area contributed by atoms with Gasteiger partial charge >= 0.3 is 0 Å². The van der Waals surface area contributed by atoms with Crippen molar-refractivity contribution >= 4 is 17.2 Å². The van der Waals surface area contributed by atoms with E-state index in [4.69, 9.17) is 10.5 Å². The van der Waals surface area contributed by atoms with Gasteiger partial charge in [0.25, 0.3) is 0 Å². The average molecular weight is 195 g/mol. The summed E-state index contributed by atoms with van der Waals surface area (Å²) in [5.41, 5.74) is 7.59. The summed E-state index contributed by atoms with van der Waals surface area (Å²) in [5, 5.41) is 10.6. The van der Waals surface area contributed by atoms with Gasteiger partial charge in [-0.3, -0.25) is 5.10 Å². The number of H-pyrrole nitrogens is 1. The van der Waals surface area contributed by atoms with Crippen molar-refractivity contribution in [3.63, 3.8) is 0 Å². The van der Waals surface area contributed by atoms with Gasteiger partial charge in [0, 0.05) is 5.56 Å². The van der Waals surface area contributed by atoms with Crippen molar-refractivity contribution in [3.05, 3.63) is 16.8 Å². The predicted octanol–water partition coefficient (Wildman–Crippen LogP) is 1.73. The molecule has 13 heavy (non-hydrogen) atoms. The van der Waals surface area contributed by atoms with Crippen molar-refractivity contribution in [2.24, 2.45) is 0 Å². The van der Waals surface area contributed by atoms with Crippen molar-refractivity contribution < 1.29 is 4.74 Å². The molecule has 0 aliphatic carbocycles. The molecule has 2 heterocycles. The van der Waals surface area contributed by atoms with E-state index >= 15 is 0 Å². The first-order chi connectivity index (χ1) is 6.33. The molecule has 0 saturated heterocycles. The summed E-state index contributed by atoms with van der Waals surface area (Å²) in [6.45, 7) is 0. The van der Waals surface area contributed by atoms with Crippen LogP contribution < -0.4 is 10.5 Å². The maximum atomic E-state index is 5.71. The minimum absolute atomic E-state index is 0.537. The van der Waals surface area contributed by atoms with E-state index in [9.17, 15) is 0 Å². The number of rotatable bonds is 2. The molecule has 0 aromatic carbocycles. The second-order valence-electron chi connectivity index (χ2n) is 2.53. The standard InChI is InChI=1S/C8H9N3OS/c1-12-8-6(7(9)10-11-8)5-2-3-13-4-5/h2-4H,1H3,(H3,9,10,11). The monoisotopic (exact) mass is 195 g/mol. The summed E-state index contributed by atoms with van der Waals surface area (Å²) in [5.74, 6) is 1.08. The molecule has 0 unspecified atom stereocenters. The zero-order chi connectivity index (χ0) is 9.26. The van der Waals surface area contributed by atoms with Gasteiger partial charge < -0.3 is 10.5 Å². The van der Waals surface area contributed by atoms with Gasteiger partial charge in [0.2, 0.25) is 5.88 Å². The lowest BCUT2D eigenvalue weighted by Gasteiger charge is -1.98. The summed E-state index contributed by atoms with van der Waals surface area (Å²) in [6, 6.07) is 1.98. The SMILES string of the molecule is COc1n[nH]c(N)c1-c1ccsc1. The number of nitrogens with one attached hydrogen (secondary N) is 1.